The third kappa shape index (κ3) is 8.88. The molecule has 4 rings (SSSR count). The lowest BCUT2D eigenvalue weighted by atomic mass is 9.64. The van der Waals surface area contributed by atoms with E-state index in [1.54, 1.807) is 4.90 Å². The van der Waals surface area contributed by atoms with E-state index in [-0.39, 0.29) is 62.8 Å². The summed E-state index contributed by atoms with van der Waals surface area (Å²) in [5.41, 5.74) is 20.7. The van der Waals surface area contributed by atoms with E-state index in [4.69, 9.17) is 21.9 Å². The van der Waals surface area contributed by atoms with Gasteiger partial charge in [0.05, 0.1) is 24.3 Å². The average Bonchev–Trinajstić information content (AvgIpc) is 3.32. The number of halogens is 3. The van der Waals surface area contributed by atoms with Crippen LogP contribution in [0.5, 0.6) is 0 Å². The highest BCUT2D eigenvalue weighted by Gasteiger charge is 2.31. The summed E-state index contributed by atoms with van der Waals surface area (Å²) in [7, 11) is 0. The zero-order valence-corrected chi connectivity index (χ0v) is 24.2. The SMILES string of the molecule is CB1OCc2ccc(CC(=O)[C@@H](CCc3ccc(C(F)(F)F)cc3)NC(=O)[C@@H](N)CCC(=O)N3C[C@H](N)C[C@H](N)C3)cc21. The predicted molar refractivity (Wildman–Crippen MR) is 157 cm³/mol. The Bertz CT molecular complexity index is 1300. The number of Topliss-reactive ketones (excluding diaryl/α,β-unsaturated/α-hetero) is 1. The second-order valence-electron chi connectivity index (χ2n) is 11.6. The average molecular weight is 601 g/mol. The molecule has 0 spiro atoms. The molecule has 0 radical (unpaired) electrons. The van der Waals surface area contributed by atoms with Gasteiger partial charge in [-0.3, -0.25) is 14.4 Å². The molecule has 0 aromatic heterocycles. The fraction of sp³-hybridized carbons (Fsp3) is 0.500. The molecule has 4 atom stereocenters. The molecule has 0 bridgehead atoms. The Morgan fingerprint density at radius 1 is 1.05 bits per heavy atom. The van der Waals surface area contributed by atoms with Crippen LogP contribution in [-0.2, 0) is 44.7 Å². The number of nitrogens with one attached hydrogen (secondary N) is 1. The number of nitrogens with zero attached hydrogens (tertiary/aromatic N) is 1. The van der Waals surface area contributed by atoms with Crippen molar-refractivity contribution in [3.63, 3.8) is 0 Å². The molecule has 2 amide bonds. The molecule has 0 saturated carbocycles. The third-order valence-electron chi connectivity index (χ3n) is 8.10. The molecule has 0 unspecified atom stereocenters. The summed E-state index contributed by atoms with van der Waals surface area (Å²) >= 11 is 0. The first-order valence-electron chi connectivity index (χ1n) is 14.6. The number of carbonyl (C=O) groups is 3. The molecule has 2 aliphatic heterocycles. The van der Waals surface area contributed by atoms with E-state index in [9.17, 15) is 27.6 Å². The largest absolute Gasteiger partial charge is 0.427 e. The summed E-state index contributed by atoms with van der Waals surface area (Å²) in [4.78, 5) is 40.8. The Hall–Kier alpha value is -3.26. The van der Waals surface area contributed by atoms with Crippen molar-refractivity contribution < 1.29 is 32.2 Å². The molecule has 2 aliphatic rings. The number of alkyl halides is 3. The minimum Gasteiger partial charge on any atom is -0.427 e. The van der Waals surface area contributed by atoms with Gasteiger partial charge in [-0.1, -0.05) is 37.2 Å². The fourth-order valence-corrected chi connectivity index (χ4v) is 5.61. The van der Waals surface area contributed by atoms with Gasteiger partial charge in [-0.2, -0.15) is 13.2 Å². The van der Waals surface area contributed by atoms with Gasteiger partial charge in [-0.05, 0) is 60.0 Å². The van der Waals surface area contributed by atoms with E-state index in [1.807, 2.05) is 25.0 Å². The van der Waals surface area contributed by atoms with Gasteiger partial charge in [0.15, 0.2) is 5.78 Å². The van der Waals surface area contributed by atoms with Crippen LogP contribution < -0.4 is 28.0 Å². The number of benzene rings is 2. The number of hydrogen-bond donors (Lipinski definition) is 4. The summed E-state index contributed by atoms with van der Waals surface area (Å²) < 4.78 is 44.6. The molecule has 0 aliphatic carbocycles. The van der Waals surface area contributed by atoms with Crippen LogP contribution in [0.3, 0.4) is 0 Å². The molecule has 9 nitrogen and oxygen atoms in total. The van der Waals surface area contributed by atoms with E-state index in [0.717, 1.165) is 28.7 Å². The van der Waals surface area contributed by atoms with Gasteiger partial charge < -0.3 is 32.1 Å². The van der Waals surface area contributed by atoms with Crippen molar-refractivity contribution in [2.24, 2.45) is 17.2 Å². The Balaban J connectivity index is 1.40. The molecule has 232 valence electrons. The maximum atomic E-state index is 13.5. The molecule has 43 heavy (non-hydrogen) atoms. The number of hydrogen-bond acceptors (Lipinski definition) is 7. The molecule has 1 saturated heterocycles. The van der Waals surface area contributed by atoms with Crippen LogP contribution in [0, 0.1) is 0 Å². The third-order valence-corrected chi connectivity index (χ3v) is 8.10. The van der Waals surface area contributed by atoms with E-state index in [2.05, 4.69) is 5.32 Å². The summed E-state index contributed by atoms with van der Waals surface area (Å²) in [5, 5.41) is 2.74. The van der Waals surface area contributed by atoms with Crippen molar-refractivity contribution >= 4 is 30.0 Å². The first kappa shape index (κ1) is 32.7. The van der Waals surface area contributed by atoms with Crippen molar-refractivity contribution in [3.8, 4) is 0 Å². The fourth-order valence-electron chi connectivity index (χ4n) is 5.61. The molecule has 2 aromatic carbocycles. The molecule has 2 heterocycles. The Kier molecular flexibility index (Phi) is 10.6. The first-order valence-corrected chi connectivity index (χ1v) is 14.6. The summed E-state index contributed by atoms with van der Waals surface area (Å²) in [6, 6.07) is 8.02. The van der Waals surface area contributed by atoms with Crippen LogP contribution in [0.2, 0.25) is 6.82 Å². The van der Waals surface area contributed by atoms with Crippen molar-refractivity contribution in [2.45, 2.75) is 82.3 Å². The van der Waals surface area contributed by atoms with Crippen molar-refractivity contribution in [1.29, 1.82) is 0 Å². The van der Waals surface area contributed by atoms with Gasteiger partial charge in [0, 0.05) is 38.0 Å². The van der Waals surface area contributed by atoms with Gasteiger partial charge in [-0.15, -0.1) is 0 Å². The van der Waals surface area contributed by atoms with E-state index in [0.29, 0.717) is 31.7 Å². The number of piperidine rings is 1. The Morgan fingerprint density at radius 2 is 1.70 bits per heavy atom. The van der Waals surface area contributed by atoms with Crippen LogP contribution in [-0.4, -0.2) is 66.7 Å². The Labute approximate surface area is 249 Å². The number of aryl methyl sites for hydroxylation is 1. The number of carbonyl (C=O) groups excluding carboxylic acids is 3. The zero-order chi connectivity index (χ0) is 31.3. The minimum absolute atomic E-state index is 0.0214. The van der Waals surface area contributed by atoms with Crippen LogP contribution in [0.4, 0.5) is 13.2 Å². The summed E-state index contributed by atoms with van der Waals surface area (Å²) in [6.07, 6.45) is -3.27. The summed E-state index contributed by atoms with van der Waals surface area (Å²) in [5.74, 6) is -1.04. The van der Waals surface area contributed by atoms with Gasteiger partial charge in [0.25, 0.3) is 0 Å². The second kappa shape index (κ2) is 14.0. The normalized spacial score (nSPS) is 20.0. The van der Waals surface area contributed by atoms with Crippen molar-refractivity contribution in [3.05, 3.63) is 64.7 Å². The Morgan fingerprint density at radius 3 is 2.35 bits per heavy atom. The lowest BCUT2D eigenvalue weighted by molar-refractivity contribution is -0.137. The van der Waals surface area contributed by atoms with Gasteiger partial charge >= 0.3 is 13.1 Å². The highest BCUT2D eigenvalue weighted by molar-refractivity contribution is 6.67. The lowest BCUT2D eigenvalue weighted by Crippen LogP contribution is -2.54. The van der Waals surface area contributed by atoms with Crippen molar-refractivity contribution in [2.75, 3.05) is 13.1 Å². The number of ketones is 1. The number of nitrogens with two attached hydrogens (primary N) is 3. The minimum atomic E-state index is -4.45. The van der Waals surface area contributed by atoms with Crippen LogP contribution in [0.15, 0.2) is 42.5 Å². The van der Waals surface area contributed by atoms with Gasteiger partial charge in [0.1, 0.15) is 0 Å². The number of amides is 2. The standard InChI is InChI=1S/C30H39BF3N5O4/c1-31-24-12-19(2-6-20(24)17-43-31)13-27(40)26(10-5-18-3-7-21(8-4-18)30(32,33)34)38-29(42)25(37)9-11-28(41)39-15-22(35)14-23(36)16-39/h2-4,6-8,12,22-23,25-26H,5,9-11,13-17,35-37H2,1H3,(H,38,42)/t22-,23+,25-,26+/m0/s1. The van der Waals surface area contributed by atoms with E-state index in [1.165, 1.54) is 12.1 Å². The number of likely N-dealkylation sites (tertiary alicyclic amines) is 1. The van der Waals surface area contributed by atoms with Crippen LogP contribution >= 0.6 is 0 Å². The van der Waals surface area contributed by atoms with Crippen LogP contribution in [0.1, 0.15) is 47.9 Å². The quantitative estimate of drug-likeness (QED) is 0.283. The number of fused-ring (bicyclic) bond motifs is 1. The van der Waals surface area contributed by atoms with Crippen molar-refractivity contribution in [1.82, 2.24) is 10.2 Å². The topological polar surface area (TPSA) is 154 Å². The monoisotopic (exact) mass is 601 g/mol. The maximum absolute atomic E-state index is 13.5. The highest BCUT2D eigenvalue weighted by Crippen LogP contribution is 2.29. The van der Waals surface area contributed by atoms with Gasteiger partial charge in [0.2, 0.25) is 11.8 Å². The lowest BCUT2D eigenvalue weighted by Gasteiger charge is -2.34. The van der Waals surface area contributed by atoms with E-state index >= 15 is 0 Å². The molecular weight excluding hydrogens is 562 g/mol. The molecule has 1 fully saturated rings. The highest BCUT2D eigenvalue weighted by atomic mass is 19.4. The van der Waals surface area contributed by atoms with Crippen LogP contribution in [0.25, 0.3) is 0 Å². The maximum Gasteiger partial charge on any atom is 0.416 e. The second-order valence-corrected chi connectivity index (χ2v) is 11.6. The molecule has 13 heteroatoms. The molecular formula is C30H39BF3N5O4. The number of rotatable bonds is 11. The summed E-state index contributed by atoms with van der Waals surface area (Å²) in [6.45, 7) is 3.14. The molecule has 7 N–H and O–H groups in total. The zero-order valence-electron chi connectivity index (χ0n) is 24.2. The van der Waals surface area contributed by atoms with Gasteiger partial charge in [-0.25, -0.2) is 0 Å². The van der Waals surface area contributed by atoms with E-state index < -0.39 is 29.7 Å². The first-order chi connectivity index (χ1) is 20.3. The molecule has 2 aromatic rings. The smallest absolute Gasteiger partial charge is 0.416 e. The predicted octanol–water partition coefficient (Wildman–Crippen LogP) is 1.29.